The van der Waals surface area contributed by atoms with Crippen molar-refractivity contribution in [1.82, 2.24) is 29.4 Å². The quantitative estimate of drug-likeness (QED) is 0.752. The molecule has 2 amide bonds. The topological polar surface area (TPSA) is 97.9 Å². The highest BCUT2D eigenvalue weighted by Crippen LogP contribution is 2.21. The Kier molecular flexibility index (Phi) is 4.19. The van der Waals surface area contributed by atoms with Gasteiger partial charge in [0.05, 0.1) is 17.5 Å². The van der Waals surface area contributed by atoms with Gasteiger partial charge in [0.2, 0.25) is 0 Å². The predicted octanol–water partition coefficient (Wildman–Crippen LogP) is 1.31. The standard InChI is InChI=1S/C18H19N7O2/c1-23-15(10-14(22-23)13-6-3-4-7-19-13)21-17(26)16-12(11-20-24(16)2)18(27)25-8-5-9-25/h3-4,6-7,10-11H,5,8-9H2,1-2H3,(H,21,26). The van der Waals surface area contributed by atoms with Crippen molar-refractivity contribution >= 4 is 17.6 Å². The lowest BCUT2D eigenvalue weighted by molar-refractivity contribution is 0.0648. The van der Waals surface area contributed by atoms with E-state index in [1.807, 2.05) is 18.2 Å². The third kappa shape index (κ3) is 3.07. The lowest BCUT2D eigenvalue weighted by Gasteiger charge is -2.30. The number of aromatic nitrogens is 5. The summed E-state index contributed by atoms with van der Waals surface area (Å²) in [4.78, 5) is 31.4. The molecule has 1 aliphatic heterocycles. The average Bonchev–Trinajstić information content (AvgIpc) is 3.17. The van der Waals surface area contributed by atoms with Crippen LogP contribution in [0.5, 0.6) is 0 Å². The Bertz CT molecular complexity index is 1000. The van der Waals surface area contributed by atoms with E-state index in [4.69, 9.17) is 0 Å². The van der Waals surface area contributed by atoms with Gasteiger partial charge in [-0.25, -0.2) is 0 Å². The number of pyridine rings is 1. The molecule has 0 radical (unpaired) electrons. The van der Waals surface area contributed by atoms with Crippen LogP contribution in [0.25, 0.3) is 11.4 Å². The fourth-order valence-electron chi connectivity index (χ4n) is 2.95. The van der Waals surface area contributed by atoms with Crippen LogP contribution in [0.2, 0.25) is 0 Å². The Balaban J connectivity index is 1.59. The molecule has 9 heteroatoms. The van der Waals surface area contributed by atoms with E-state index < -0.39 is 5.91 Å². The molecule has 0 spiro atoms. The van der Waals surface area contributed by atoms with Crippen LogP contribution in [0.1, 0.15) is 27.3 Å². The molecule has 0 unspecified atom stereocenters. The second-order valence-corrected chi connectivity index (χ2v) is 6.38. The van der Waals surface area contributed by atoms with Gasteiger partial charge in [0.15, 0.2) is 0 Å². The van der Waals surface area contributed by atoms with Crippen LogP contribution in [-0.2, 0) is 14.1 Å². The molecule has 1 aliphatic rings. The summed E-state index contributed by atoms with van der Waals surface area (Å²) < 4.78 is 2.98. The Morgan fingerprint density at radius 1 is 1.11 bits per heavy atom. The zero-order chi connectivity index (χ0) is 19.0. The van der Waals surface area contributed by atoms with Gasteiger partial charge in [-0.15, -0.1) is 0 Å². The molecule has 0 aromatic carbocycles. The normalized spacial score (nSPS) is 13.3. The Labute approximate surface area is 155 Å². The zero-order valence-electron chi connectivity index (χ0n) is 15.1. The van der Waals surface area contributed by atoms with Crippen molar-refractivity contribution in [1.29, 1.82) is 0 Å². The van der Waals surface area contributed by atoms with Crippen molar-refractivity contribution < 1.29 is 9.59 Å². The number of rotatable bonds is 4. The van der Waals surface area contributed by atoms with E-state index in [-0.39, 0.29) is 11.6 Å². The molecule has 0 aliphatic carbocycles. The van der Waals surface area contributed by atoms with Crippen molar-refractivity contribution in [2.75, 3.05) is 18.4 Å². The van der Waals surface area contributed by atoms with Gasteiger partial charge in [0.25, 0.3) is 11.8 Å². The number of hydrogen-bond donors (Lipinski definition) is 1. The van der Waals surface area contributed by atoms with Gasteiger partial charge < -0.3 is 10.2 Å². The number of aryl methyl sites for hydroxylation is 2. The second-order valence-electron chi connectivity index (χ2n) is 6.38. The number of nitrogens with one attached hydrogen (secondary N) is 1. The molecule has 9 nitrogen and oxygen atoms in total. The van der Waals surface area contributed by atoms with Crippen LogP contribution < -0.4 is 5.32 Å². The first-order valence-electron chi connectivity index (χ1n) is 8.62. The molecule has 1 saturated heterocycles. The fraction of sp³-hybridized carbons (Fsp3) is 0.278. The van der Waals surface area contributed by atoms with Gasteiger partial charge in [-0.2, -0.15) is 10.2 Å². The van der Waals surface area contributed by atoms with Crippen molar-refractivity contribution in [2.24, 2.45) is 14.1 Å². The van der Waals surface area contributed by atoms with Crippen LogP contribution in [0.15, 0.2) is 36.7 Å². The monoisotopic (exact) mass is 365 g/mol. The number of nitrogens with zero attached hydrogens (tertiary/aromatic N) is 6. The van der Waals surface area contributed by atoms with Crippen LogP contribution in [0, 0.1) is 0 Å². The summed E-state index contributed by atoms with van der Waals surface area (Å²) in [6, 6.07) is 7.29. The van der Waals surface area contributed by atoms with Crippen LogP contribution >= 0.6 is 0 Å². The minimum atomic E-state index is -0.408. The number of carbonyl (C=O) groups is 2. The summed E-state index contributed by atoms with van der Waals surface area (Å²) in [6.45, 7) is 1.42. The molecule has 1 fully saturated rings. The van der Waals surface area contributed by atoms with Crippen LogP contribution in [0.4, 0.5) is 5.82 Å². The Morgan fingerprint density at radius 3 is 2.59 bits per heavy atom. The smallest absolute Gasteiger partial charge is 0.275 e. The van der Waals surface area contributed by atoms with Gasteiger partial charge in [-0.1, -0.05) is 6.07 Å². The highest BCUT2D eigenvalue weighted by molar-refractivity contribution is 6.11. The third-order valence-corrected chi connectivity index (χ3v) is 4.58. The SMILES string of the molecule is Cn1nc(-c2ccccn2)cc1NC(=O)c1c(C(=O)N2CCC2)cnn1C. The summed E-state index contributed by atoms with van der Waals surface area (Å²) in [6.07, 6.45) is 4.11. The molecule has 0 atom stereocenters. The number of amides is 2. The summed E-state index contributed by atoms with van der Waals surface area (Å²) >= 11 is 0. The van der Waals surface area contributed by atoms with Crippen LogP contribution in [0.3, 0.4) is 0 Å². The maximum Gasteiger partial charge on any atom is 0.275 e. The van der Waals surface area contributed by atoms with Crippen molar-refractivity contribution in [3.05, 3.63) is 47.9 Å². The highest BCUT2D eigenvalue weighted by atomic mass is 16.2. The molecule has 138 valence electrons. The van der Waals surface area contributed by atoms with E-state index in [0.29, 0.717) is 35.9 Å². The Hall–Kier alpha value is -3.49. The predicted molar refractivity (Wildman–Crippen MR) is 98.1 cm³/mol. The van der Waals surface area contributed by atoms with Crippen LogP contribution in [-0.4, -0.2) is 54.3 Å². The molecule has 1 N–H and O–H groups in total. The molecule has 3 aromatic rings. The van der Waals surface area contributed by atoms with Gasteiger partial charge in [-0.3, -0.25) is 23.9 Å². The fourth-order valence-corrected chi connectivity index (χ4v) is 2.95. The third-order valence-electron chi connectivity index (χ3n) is 4.58. The van der Waals surface area contributed by atoms with Gasteiger partial charge in [0, 0.05) is 39.4 Å². The van der Waals surface area contributed by atoms with Crippen molar-refractivity contribution in [3.8, 4) is 11.4 Å². The maximum atomic E-state index is 12.8. The molecular formula is C18H19N7O2. The summed E-state index contributed by atoms with van der Waals surface area (Å²) in [7, 11) is 3.38. The first kappa shape index (κ1) is 17.0. The summed E-state index contributed by atoms with van der Waals surface area (Å²) in [5.41, 5.74) is 1.90. The van der Waals surface area contributed by atoms with E-state index in [1.54, 1.807) is 35.9 Å². The number of hydrogen-bond acceptors (Lipinski definition) is 5. The van der Waals surface area contributed by atoms with Crippen molar-refractivity contribution in [2.45, 2.75) is 6.42 Å². The second kappa shape index (κ2) is 6.67. The number of likely N-dealkylation sites (tertiary alicyclic amines) is 1. The molecule has 4 rings (SSSR count). The van der Waals surface area contributed by atoms with Crippen molar-refractivity contribution in [3.63, 3.8) is 0 Å². The molecule has 4 heterocycles. The first-order valence-corrected chi connectivity index (χ1v) is 8.62. The lowest BCUT2D eigenvalue weighted by atomic mass is 10.1. The zero-order valence-corrected chi connectivity index (χ0v) is 15.1. The average molecular weight is 365 g/mol. The lowest BCUT2D eigenvalue weighted by Crippen LogP contribution is -2.42. The first-order chi connectivity index (χ1) is 13.0. The van der Waals surface area contributed by atoms with Gasteiger partial charge in [0.1, 0.15) is 17.2 Å². The molecule has 27 heavy (non-hydrogen) atoms. The minimum Gasteiger partial charge on any atom is -0.338 e. The van der Waals surface area contributed by atoms with Gasteiger partial charge >= 0.3 is 0 Å². The van der Waals surface area contributed by atoms with Gasteiger partial charge in [-0.05, 0) is 18.6 Å². The summed E-state index contributed by atoms with van der Waals surface area (Å²) in [5.74, 6) is -0.0719. The minimum absolute atomic E-state index is 0.168. The molecule has 3 aromatic heterocycles. The molecule has 0 bridgehead atoms. The maximum absolute atomic E-state index is 12.8. The van der Waals surface area contributed by atoms with E-state index in [0.717, 1.165) is 6.42 Å². The summed E-state index contributed by atoms with van der Waals surface area (Å²) in [5, 5.41) is 11.3. The van der Waals surface area contributed by atoms with E-state index in [1.165, 1.54) is 10.9 Å². The number of anilines is 1. The van der Waals surface area contributed by atoms with E-state index in [2.05, 4.69) is 20.5 Å². The highest BCUT2D eigenvalue weighted by Gasteiger charge is 2.29. The Morgan fingerprint density at radius 2 is 1.93 bits per heavy atom. The largest absolute Gasteiger partial charge is 0.338 e. The number of carbonyl (C=O) groups excluding carboxylic acids is 2. The molecular weight excluding hydrogens is 346 g/mol. The van der Waals surface area contributed by atoms with E-state index >= 15 is 0 Å². The van der Waals surface area contributed by atoms with E-state index in [9.17, 15) is 9.59 Å². The molecule has 0 saturated carbocycles.